The smallest absolute Gasteiger partial charge is 0.0396 e. The van der Waals surface area contributed by atoms with Crippen LogP contribution < -0.4 is 5.19 Å². The highest BCUT2D eigenvalue weighted by Crippen LogP contribution is 1.99. The summed E-state index contributed by atoms with van der Waals surface area (Å²) in [6.45, 7) is 5.90. The first-order valence-electron chi connectivity index (χ1n) is 3.44. The Labute approximate surface area is 65.0 Å². The fourth-order valence-corrected chi connectivity index (χ4v) is 1.53. The molecule has 0 bridgehead atoms. The Morgan fingerprint density at radius 3 is 2.70 bits per heavy atom. The molecule has 1 aromatic rings. The number of hydrogen-bond acceptors (Lipinski definition) is 0. The molecule has 0 saturated heterocycles. The first kappa shape index (κ1) is 7.29. The largest absolute Gasteiger partial charge is 0.0985 e. The summed E-state index contributed by atoms with van der Waals surface area (Å²) in [6.07, 6.45) is 1.93. The maximum atomic E-state index is 3.76. The number of hydrogen-bond donors (Lipinski definition) is 0. The van der Waals surface area contributed by atoms with Crippen LogP contribution in [0.2, 0.25) is 0 Å². The lowest BCUT2D eigenvalue weighted by molar-refractivity contribution is 1.51. The molecule has 0 atom stereocenters. The average Bonchev–Trinajstić information content (AvgIpc) is 1.95. The minimum Gasteiger partial charge on any atom is -0.0985 e. The summed E-state index contributed by atoms with van der Waals surface area (Å²) in [4.78, 5) is 0. The molecule has 0 aromatic heterocycles. The highest BCUT2D eigenvalue weighted by atomic mass is 28.1. The van der Waals surface area contributed by atoms with Gasteiger partial charge in [-0.05, 0) is 12.5 Å². The summed E-state index contributed by atoms with van der Waals surface area (Å²) in [6, 6.07) is 6.34. The van der Waals surface area contributed by atoms with Crippen LogP contribution in [0.3, 0.4) is 0 Å². The van der Waals surface area contributed by atoms with Gasteiger partial charge in [-0.1, -0.05) is 41.6 Å². The first-order chi connectivity index (χ1) is 4.75. The molecule has 0 heterocycles. The van der Waals surface area contributed by atoms with Crippen molar-refractivity contribution in [2.24, 2.45) is 0 Å². The van der Waals surface area contributed by atoms with E-state index in [-0.39, 0.29) is 0 Å². The van der Waals surface area contributed by atoms with Crippen LogP contribution in [0.1, 0.15) is 11.1 Å². The lowest BCUT2D eigenvalue weighted by Crippen LogP contribution is -2.10. The molecule has 0 nitrogen and oxygen atoms in total. The van der Waals surface area contributed by atoms with Crippen LogP contribution in [0.15, 0.2) is 24.8 Å². The van der Waals surface area contributed by atoms with Gasteiger partial charge in [-0.2, -0.15) is 0 Å². The predicted molar refractivity (Wildman–Crippen MR) is 50.8 cm³/mol. The summed E-state index contributed by atoms with van der Waals surface area (Å²) in [5.74, 6) is 0. The zero-order valence-corrected chi connectivity index (χ0v) is 8.52. The molecule has 0 unspecified atom stereocenters. The van der Waals surface area contributed by atoms with Gasteiger partial charge in [0.1, 0.15) is 0 Å². The molecule has 10 heavy (non-hydrogen) atoms. The second kappa shape index (κ2) is 2.84. The van der Waals surface area contributed by atoms with Crippen molar-refractivity contribution in [1.29, 1.82) is 0 Å². The molecule has 0 aliphatic carbocycles. The Morgan fingerprint density at radius 2 is 2.20 bits per heavy atom. The average molecular weight is 148 g/mol. The molecule has 0 fully saturated rings. The third-order valence-electron chi connectivity index (χ3n) is 1.87. The van der Waals surface area contributed by atoms with Gasteiger partial charge in [-0.3, -0.25) is 0 Å². The van der Waals surface area contributed by atoms with Gasteiger partial charge in [0, 0.05) is 10.2 Å². The number of rotatable bonds is 1. The fourth-order valence-electron chi connectivity index (χ4n) is 0.995. The SMILES string of the molecule is C=Cc1cccc(C)c1[SiH3]. The van der Waals surface area contributed by atoms with E-state index in [1.807, 2.05) is 6.08 Å². The minimum absolute atomic E-state index is 1.12. The Morgan fingerprint density at radius 1 is 1.50 bits per heavy atom. The molecule has 0 amide bonds. The maximum absolute atomic E-state index is 3.76. The van der Waals surface area contributed by atoms with Crippen molar-refractivity contribution in [2.75, 3.05) is 0 Å². The topological polar surface area (TPSA) is 0 Å². The van der Waals surface area contributed by atoms with Crippen molar-refractivity contribution in [3.63, 3.8) is 0 Å². The van der Waals surface area contributed by atoms with E-state index in [9.17, 15) is 0 Å². The molecule has 52 valence electrons. The van der Waals surface area contributed by atoms with E-state index in [1.165, 1.54) is 16.3 Å². The van der Waals surface area contributed by atoms with Gasteiger partial charge < -0.3 is 0 Å². The van der Waals surface area contributed by atoms with Gasteiger partial charge in [0.25, 0.3) is 0 Å². The second-order valence-corrected chi connectivity index (χ2v) is 3.49. The maximum Gasteiger partial charge on any atom is 0.0396 e. The normalized spacial score (nSPS) is 9.70. The van der Waals surface area contributed by atoms with Crippen LogP contribution in [0.5, 0.6) is 0 Å². The van der Waals surface area contributed by atoms with Gasteiger partial charge in [0.05, 0.1) is 0 Å². The van der Waals surface area contributed by atoms with Gasteiger partial charge in [0.2, 0.25) is 0 Å². The van der Waals surface area contributed by atoms with E-state index >= 15 is 0 Å². The van der Waals surface area contributed by atoms with Crippen LogP contribution >= 0.6 is 0 Å². The van der Waals surface area contributed by atoms with Crippen LogP contribution in [0.25, 0.3) is 6.08 Å². The van der Waals surface area contributed by atoms with Crippen molar-refractivity contribution in [3.8, 4) is 0 Å². The van der Waals surface area contributed by atoms with E-state index in [0.29, 0.717) is 0 Å². The van der Waals surface area contributed by atoms with Crippen LogP contribution in [0.4, 0.5) is 0 Å². The zero-order chi connectivity index (χ0) is 7.56. The van der Waals surface area contributed by atoms with E-state index < -0.39 is 0 Å². The molecule has 0 aliphatic heterocycles. The van der Waals surface area contributed by atoms with E-state index in [2.05, 4.69) is 31.7 Å². The van der Waals surface area contributed by atoms with Gasteiger partial charge in [-0.15, -0.1) is 0 Å². The summed E-state index contributed by atoms with van der Waals surface area (Å²) in [5.41, 5.74) is 2.69. The standard InChI is InChI=1S/C9H12Si/c1-3-8-6-4-5-7(2)9(8)10/h3-6H,1H2,2,10H3. The Hall–Kier alpha value is -0.823. The lowest BCUT2D eigenvalue weighted by Gasteiger charge is -2.02. The quantitative estimate of drug-likeness (QED) is 0.512. The van der Waals surface area contributed by atoms with Crippen molar-refractivity contribution in [3.05, 3.63) is 35.9 Å². The Balaban J connectivity index is 3.27. The number of benzene rings is 1. The lowest BCUT2D eigenvalue weighted by atomic mass is 10.1. The van der Waals surface area contributed by atoms with Crippen molar-refractivity contribution in [1.82, 2.24) is 0 Å². The van der Waals surface area contributed by atoms with Crippen molar-refractivity contribution >= 4 is 21.5 Å². The number of aryl methyl sites for hydroxylation is 1. The summed E-state index contributed by atoms with van der Waals surface area (Å²) in [5, 5.41) is 1.47. The van der Waals surface area contributed by atoms with Gasteiger partial charge >= 0.3 is 0 Å². The Kier molecular flexibility index (Phi) is 2.07. The monoisotopic (exact) mass is 148 g/mol. The predicted octanol–water partition coefficient (Wildman–Crippen LogP) is 0.629. The molecule has 0 N–H and O–H groups in total. The van der Waals surface area contributed by atoms with E-state index in [4.69, 9.17) is 0 Å². The van der Waals surface area contributed by atoms with Crippen molar-refractivity contribution in [2.45, 2.75) is 6.92 Å². The zero-order valence-electron chi connectivity index (χ0n) is 6.52. The third-order valence-corrected chi connectivity index (χ3v) is 3.23. The van der Waals surface area contributed by atoms with Crippen LogP contribution in [-0.4, -0.2) is 10.2 Å². The van der Waals surface area contributed by atoms with Crippen molar-refractivity contribution < 1.29 is 0 Å². The molecule has 1 aromatic carbocycles. The summed E-state index contributed by atoms with van der Waals surface area (Å²) in [7, 11) is 1.12. The van der Waals surface area contributed by atoms with Crippen LogP contribution in [-0.2, 0) is 0 Å². The van der Waals surface area contributed by atoms with Gasteiger partial charge in [-0.25, -0.2) is 0 Å². The molecule has 0 spiro atoms. The molecule has 1 heteroatoms. The fraction of sp³-hybridized carbons (Fsp3) is 0.111. The minimum atomic E-state index is 1.12. The molecule has 0 saturated carbocycles. The van der Waals surface area contributed by atoms with Gasteiger partial charge in [0.15, 0.2) is 0 Å². The first-order valence-corrected chi connectivity index (χ1v) is 4.44. The van der Waals surface area contributed by atoms with E-state index in [1.54, 1.807) is 0 Å². The molecular weight excluding hydrogens is 136 g/mol. The highest BCUT2D eigenvalue weighted by molar-refractivity contribution is 6.35. The second-order valence-electron chi connectivity index (χ2n) is 2.49. The Bertz CT molecular complexity index is 251. The summed E-state index contributed by atoms with van der Waals surface area (Å²) >= 11 is 0. The summed E-state index contributed by atoms with van der Waals surface area (Å²) < 4.78 is 0. The third kappa shape index (κ3) is 1.19. The van der Waals surface area contributed by atoms with E-state index in [0.717, 1.165) is 10.2 Å². The highest BCUT2D eigenvalue weighted by Gasteiger charge is 1.93. The molecule has 0 aliphatic rings. The molecular formula is C9H12Si. The molecule has 0 radical (unpaired) electrons. The van der Waals surface area contributed by atoms with Crippen LogP contribution in [0, 0.1) is 6.92 Å². The molecule has 1 rings (SSSR count).